The Hall–Kier alpha value is -2.37. The molecule has 0 fully saturated rings. The zero-order valence-electron chi connectivity index (χ0n) is 10.6. The number of nitrogens with zero attached hydrogens (tertiary/aromatic N) is 5. The number of hydrogen-bond donors (Lipinski definition) is 0. The minimum absolute atomic E-state index is 0.249. The van der Waals surface area contributed by atoms with E-state index in [1.165, 1.54) is 6.07 Å². The van der Waals surface area contributed by atoms with Gasteiger partial charge in [-0.25, -0.2) is 19.3 Å². The van der Waals surface area contributed by atoms with Crippen molar-refractivity contribution in [2.75, 3.05) is 0 Å². The lowest BCUT2D eigenvalue weighted by Gasteiger charge is -2.07. The van der Waals surface area contributed by atoms with Crippen molar-refractivity contribution in [3.05, 3.63) is 36.8 Å². The van der Waals surface area contributed by atoms with Crippen LogP contribution in [-0.4, -0.2) is 24.5 Å². The van der Waals surface area contributed by atoms with Crippen molar-refractivity contribution in [1.82, 2.24) is 24.5 Å². The normalized spacial score (nSPS) is 11.4. The minimum Gasteiger partial charge on any atom is -0.313 e. The van der Waals surface area contributed by atoms with Gasteiger partial charge in [-0.1, -0.05) is 0 Å². The van der Waals surface area contributed by atoms with Gasteiger partial charge in [0.15, 0.2) is 11.5 Å². The van der Waals surface area contributed by atoms with E-state index >= 15 is 0 Å². The van der Waals surface area contributed by atoms with Gasteiger partial charge >= 0.3 is 0 Å². The van der Waals surface area contributed by atoms with Crippen LogP contribution < -0.4 is 0 Å². The van der Waals surface area contributed by atoms with E-state index in [-0.39, 0.29) is 6.04 Å². The number of imidazole rings is 1. The maximum atomic E-state index is 13.2. The van der Waals surface area contributed by atoms with Crippen LogP contribution in [0.1, 0.15) is 19.9 Å². The first-order chi connectivity index (χ1) is 9.15. The summed E-state index contributed by atoms with van der Waals surface area (Å²) in [5, 5.41) is 0. The van der Waals surface area contributed by atoms with Crippen LogP contribution in [0.4, 0.5) is 4.39 Å². The Morgan fingerprint density at radius 1 is 1.16 bits per heavy atom. The molecule has 0 spiro atoms. The second-order valence-corrected chi connectivity index (χ2v) is 4.54. The van der Waals surface area contributed by atoms with Gasteiger partial charge in [0.05, 0.1) is 18.7 Å². The largest absolute Gasteiger partial charge is 0.313 e. The van der Waals surface area contributed by atoms with Gasteiger partial charge in [0, 0.05) is 17.8 Å². The fourth-order valence-corrected chi connectivity index (χ4v) is 1.88. The Morgan fingerprint density at radius 3 is 2.74 bits per heavy atom. The molecule has 6 heteroatoms. The summed E-state index contributed by atoms with van der Waals surface area (Å²) >= 11 is 0. The second-order valence-electron chi connectivity index (χ2n) is 4.54. The van der Waals surface area contributed by atoms with E-state index in [4.69, 9.17) is 0 Å². The average molecular weight is 257 g/mol. The first-order valence-electron chi connectivity index (χ1n) is 5.95. The highest BCUT2D eigenvalue weighted by atomic mass is 19.1. The molecule has 3 aromatic rings. The van der Waals surface area contributed by atoms with E-state index in [9.17, 15) is 4.39 Å². The van der Waals surface area contributed by atoms with Crippen molar-refractivity contribution in [3.63, 3.8) is 0 Å². The smallest absolute Gasteiger partial charge is 0.164 e. The molecule has 3 aromatic heterocycles. The summed E-state index contributed by atoms with van der Waals surface area (Å²) in [7, 11) is 0. The first-order valence-corrected chi connectivity index (χ1v) is 5.95. The highest BCUT2D eigenvalue weighted by molar-refractivity contribution is 5.72. The Morgan fingerprint density at radius 2 is 2.00 bits per heavy atom. The molecular weight excluding hydrogens is 245 g/mol. The summed E-state index contributed by atoms with van der Waals surface area (Å²) in [4.78, 5) is 16.7. The molecule has 19 heavy (non-hydrogen) atoms. The van der Waals surface area contributed by atoms with E-state index in [1.54, 1.807) is 18.7 Å². The Kier molecular flexibility index (Phi) is 2.70. The SMILES string of the molecule is CC(C)n1cnc2cnc(-c3cncc(F)c3)nc21. The molecule has 0 unspecified atom stereocenters. The summed E-state index contributed by atoms with van der Waals surface area (Å²) in [6.07, 6.45) is 6.07. The molecule has 3 heterocycles. The van der Waals surface area contributed by atoms with Gasteiger partial charge < -0.3 is 4.57 Å². The molecule has 0 amide bonds. The van der Waals surface area contributed by atoms with Crippen molar-refractivity contribution in [1.29, 1.82) is 0 Å². The van der Waals surface area contributed by atoms with Gasteiger partial charge in [0.25, 0.3) is 0 Å². The lowest BCUT2D eigenvalue weighted by Crippen LogP contribution is -2.01. The zero-order valence-corrected chi connectivity index (χ0v) is 10.6. The van der Waals surface area contributed by atoms with Crippen molar-refractivity contribution < 1.29 is 4.39 Å². The molecule has 0 bridgehead atoms. The summed E-state index contributed by atoms with van der Waals surface area (Å²) in [5.41, 5.74) is 2.02. The molecule has 0 saturated heterocycles. The molecular formula is C13H12FN5. The molecule has 0 saturated carbocycles. The van der Waals surface area contributed by atoms with Crippen LogP contribution >= 0.6 is 0 Å². The van der Waals surface area contributed by atoms with Crippen LogP contribution in [0.25, 0.3) is 22.6 Å². The van der Waals surface area contributed by atoms with Crippen molar-refractivity contribution in [3.8, 4) is 11.4 Å². The van der Waals surface area contributed by atoms with Crippen molar-refractivity contribution >= 4 is 11.2 Å². The molecule has 0 aromatic carbocycles. The van der Waals surface area contributed by atoms with Gasteiger partial charge in [-0.2, -0.15) is 0 Å². The Bertz CT molecular complexity index is 735. The average Bonchev–Trinajstić information content (AvgIpc) is 2.81. The molecule has 0 aliphatic carbocycles. The first kappa shape index (κ1) is 11.7. The minimum atomic E-state index is -0.404. The molecule has 0 aliphatic heterocycles. The number of halogens is 1. The maximum Gasteiger partial charge on any atom is 0.164 e. The monoisotopic (exact) mass is 257 g/mol. The fourth-order valence-electron chi connectivity index (χ4n) is 1.88. The lowest BCUT2D eigenvalue weighted by atomic mass is 10.2. The highest BCUT2D eigenvalue weighted by Crippen LogP contribution is 2.19. The van der Waals surface area contributed by atoms with E-state index in [0.717, 1.165) is 17.4 Å². The number of pyridine rings is 1. The summed E-state index contributed by atoms with van der Waals surface area (Å²) in [6, 6.07) is 1.61. The van der Waals surface area contributed by atoms with E-state index in [2.05, 4.69) is 19.9 Å². The van der Waals surface area contributed by atoms with Gasteiger partial charge in [-0.3, -0.25) is 4.98 Å². The van der Waals surface area contributed by atoms with Crippen LogP contribution in [0.3, 0.4) is 0 Å². The summed E-state index contributed by atoms with van der Waals surface area (Å²) in [5.74, 6) is 0.0421. The Labute approximate surface area is 109 Å². The highest BCUT2D eigenvalue weighted by Gasteiger charge is 2.10. The van der Waals surface area contributed by atoms with Gasteiger partial charge in [-0.05, 0) is 19.9 Å². The number of fused-ring (bicyclic) bond motifs is 1. The summed E-state index contributed by atoms with van der Waals surface area (Å²) < 4.78 is 15.1. The molecule has 96 valence electrons. The lowest BCUT2D eigenvalue weighted by molar-refractivity contribution is 0.612. The topological polar surface area (TPSA) is 56.5 Å². The quantitative estimate of drug-likeness (QED) is 0.708. The molecule has 0 N–H and O–H groups in total. The number of hydrogen-bond acceptors (Lipinski definition) is 4. The van der Waals surface area contributed by atoms with Gasteiger partial charge in [-0.15, -0.1) is 0 Å². The number of aromatic nitrogens is 5. The van der Waals surface area contributed by atoms with Gasteiger partial charge in [0.2, 0.25) is 0 Å². The molecule has 0 atom stereocenters. The third-order valence-corrected chi connectivity index (χ3v) is 2.84. The third kappa shape index (κ3) is 2.05. The molecule has 3 rings (SSSR count). The Balaban J connectivity index is 2.18. The van der Waals surface area contributed by atoms with E-state index < -0.39 is 5.82 Å². The van der Waals surface area contributed by atoms with Gasteiger partial charge in [0.1, 0.15) is 11.3 Å². The van der Waals surface area contributed by atoms with Crippen LogP contribution in [0.15, 0.2) is 31.0 Å². The van der Waals surface area contributed by atoms with Crippen LogP contribution in [0, 0.1) is 5.82 Å². The zero-order chi connectivity index (χ0) is 13.4. The van der Waals surface area contributed by atoms with Crippen LogP contribution in [-0.2, 0) is 0 Å². The predicted octanol–water partition coefficient (Wildman–Crippen LogP) is 2.61. The standard InChI is InChI=1S/C13H12FN5/c1-8(2)19-7-17-11-6-16-12(18-13(11)19)9-3-10(14)5-15-4-9/h3-8H,1-2H3. The summed E-state index contributed by atoms with van der Waals surface area (Å²) in [6.45, 7) is 4.10. The number of rotatable bonds is 2. The predicted molar refractivity (Wildman–Crippen MR) is 68.9 cm³/mol. The second kappa shape index (κ2) is 4.38. The maximum absolute atomic E-state index is 13.2. The van der Waals surface area contributed by atoms with Crippen LogP contribution in [0.2, 0.25) is 0 Å². The molecule has 5 nitrogen and oxygen atoms in total. The fraction of sp³-hybridized carbons (Fsp3) is 0.231. The van der Waals surface area contributed by atoms with E-state index in [1.807, 2.05) is 18.4 Å². The third-order valence-electron chi connectivity index (χ3n) is 2.84. The van der Waals surface area contributed by atoms with Crippen LogP contribution in [0.5, 0.6) is 0 Å². The van der Waals surface area contributed by atoms with E-state index in [0.29, 0.717) is 11.4 Å². The molecule has 0 aliphatic rings. The molecule has 0 radical (unpaired) electrons. The van der Waals surface area contributed by atoms with Crippen molar-refractivity contribution in [2.24, 2.45) is 0 Å². The van der Waals surface area contributed by atoms with Crippen molar-refractivity contribution in [2.45, 2.75) is 19.9 Å².